The van der Waals surface area contributed by atoms with Crippen LogP contribution in [0.2, 0.25) is 0 Å². The van der Waals surface area contributed by atoms with Crippen LogP contribution >= 0.6 is 7.60 Å². The van der Waals surface area contributed by atoms with Gasteiger partial charge < -0.3 is 14.4 Å². The molecule has 0 aliphatic rings. The molecule has 0 aliphatic heterocycles. The fourth-order valence-electron chi connectivity index (χ4n) is 1.46. The van der Waals surface area contributed by atoms with E-state index >= 15 is 0 Å². The van der Waals surface area contributed by atoms with Crippen LogP contribution in [0.5, 0.6) is 0 Å². The normalized spacial score (nSPS) is 17.2. The molecule has 0 radical (unpaired) electrons. The van der Waals surface area contributed by atoms with E-state index in [0.29, 0.717) is 0 Å². The predicted octanol–water partition coefficient (Wildman–Crippen LogP) is 3.48. The van der Waals surface area contributed by atoms with E-state index in [9.17, 15) is 4.57 Å². The van der Waals surface area contributed by atoms with Crippen LogP contribution in [0, 0.1) is 11.3 Å². The van der Waals surface area contributed by atoms with Crippen molar-refractivity contribution in [2.75, 3.05) is 14.2 Å². The molecule has 2 atom stereocenters. The molecule has 0 spiro atoms. The van der Waals surface area contributed by atoms with E-state index in [-0.39, 0.29) is 23.2 Å². The first-order chi connectivity index (χ1) is 7.58. The highest BCUT2D eigenvalue weighted by Gasteiger charge is 2.38. The van der Waals surface area contributed by atoms with Gasteiger partial charge >= 0.3 is 7.60 Å². The molecular formula is C12H28NO3P. The monoisotopic (exact) mass is 265 g/mol. The van der Waals surface area contributed by atoms with E-state index in [0.717, 1.165) is 0 Å². The molecule has 0 saturated heterocycles. The number of nitrogens with one attached hydrogen (secondary N) is 1. The van der Waals surface area contributed by atoms with Crippen LogP contribution < -0.4 is 5.32 Å². The van der Waals surface area contributed by atoms with Crippen molar-refractivity contribution in [3.05, 3.63) is 0 Å². The summed E-state index contributed by atoms with van der Waals surface area (Å²) in [5.74, 6) is -0.114. The molecule has 0 aliphatic carbocycles. The topological polar surface area (TPSA) is 47.6 Å². The van der Waals surface area contributed by atoms with Crippen molar-refractivity contribution < 1.29 is 13.6 Å². The molecule has 104 valence electrons. The Bertz CT molecular complexity index is 265. The summed E-state index contributed by atoms with van der Waals surface area (Å²) in [4.78, 5) is 0. The first-order valence-corrected chi connectivity index (χ1v) is 7.67. The molecule has 0 saturated carbocycles. The molecule has 0 rings (SSSR count). The predicted molar refractivity (Wildman–Crippen MR) is 72.3 cm³/mol. The average molecular weight is 265 g/mol. The number of rotatable bonds is 6. The Morgan fingerprint density at radius 3 is 1.71 bits per heavy atom. The van der Waals surface area contributed by atoms with E-state index in [4.69, 9.17) is 9.05 Å². The molecule has 1 N–H and O–H groups in total. The molecule has 4 nitrogen and oxygen atoms in total. The van der Waals surface area contributed by atoms with Crippen molar-refractivity contribution in [1.82, 2.24) is 5.32 Å². The molecule has 0 aromatic rings. The van der Waals surface area contributed by atoms with Gasteiger partial charge in [-0.15, -0.1) is 0 Å². The standard InChI is InChI=1S/C12H28NO3P/c1-9(2)11(17(14,15-7)16-8)13-10(3)12(4,5)6/h9-11,13H,1-8H3/t10-,11-/m0/s1. The highest BCUT2D eigenvalue weighted by Crippen LogP contribution is 2.53. The maximum absolute atomic E-state index is 12.4. The van der Waals surface area contributed by atoms with Crippen LogP contribution in [0.1, 0.15) is 41.5 Å². The summed E-state index contributed by atoms with van der Waals surface area (Å²) >= 11 is 0. The molecule has 5 heteroatoms. The third-order valence-corrected chi connectivity index (χ3v) is 5.65. The van der Waals surface area contributed by atoms with Gasteiger partial charge in [0.25, 0.3) is 0 Å². The fraction of sp³-hybridized carbons (Fsp3) is 1.00. The largest absolute Gasteiger partial charge is 0.347 e. The smallest absolute Gasteiger partial charge is 0.311 e. The van der Waals surface area contributed by atoms with Crippen LogP contribution in [0.4, 0.5) is 0 Å². The highest BCUT2D eigenvalue weighted by atomic mass is 31.2. The molecule has 17 heavy (non-hydrogen) atoms. The lowest BCUT2D eigenvalue weighted by atomic mass is 9.88. The lowest BCUT2D eigenvalue weighted by molar-refractivity contribution is 0.217. The van der Waals surface area contributed by atoms with E-state index in [1.165, 1.54) is 14.2 Å². The SMILES string of the molecule is COP(=O)(OC)[C@H](N[C@@H](C)C(C)(C)C)C(C)C. The van der Waals surface area contributed by atoms with Crippen molar-refractivity contribution >= 4 is 7.60 Å². The number of hydrogen-bond donors (Lipinski definition) is 1. The van der Waals surface area contributed by atoms with E-state index in [2.05, 4.69) is 33.0 Å². The quantitative estimate of drug-likeness (QED) is 0.747. The zero-order valence-corrected chi connectivity index (χ0v) is 13.3. The highest BCUT2D eigenvalue weighted by molar-refractivity contribution is 7.54. The molecule has 0 aromatic heterocycles. The minimum absolute atomic E-state index is 0.0967. The van der Waals surface area contributed by atoms with Crippen molar-refractivity contribution in [2.45, 2.75) is 53.4 Å². The molecule has 0 unspecified atom stereocenters. The van der Waals surface area contributed by atoms with Gasteiger partial charge in [-0.2, -0.15) is 0 Å². The van der Waals surface area contributed by atoms with Gasteiger partial charge in [0, 0.05) is 20.3 Å². The van der Waals surface area contributed by atoms with Crippen molar-refractivity contribution in [3.63, 3.8) is 0 Å². The second kappa shape index (κ2) is 6.33. The first kappa shape index (κ1) is 17.1. The Morgan fingerprint density at radius 2 is 1.47 bits per heavy atom. The molecule has 0 heterocycles. The van der Waals surface area contributed by atoms with Gasteiger partial charge in [0.2, 0.25) is 0 Å². The van der Waals surface area contributed by atoms with Crippen molar-refractivity contribution in [3.8, 4) is 0 Å². The Kier molecular flexibility index (Phi) is 6.37. The third kappa shape index (κ3) is 4.70. The van der Waals surface area contributed by atoms with Crippen LogP contribution in [-0.4, -0.2) is 26.0 Å². The minimum atomic E-state index is -3.08. The second-order valence-electron chi connectivity index (χ2n) is 5.85. The Labute approximate surface area is 106 Å². The lowest BCUT2D eigenvalue weighted by Crippen LogP contribution is -2.46. The summed E-state index contributed by atoms with van der Waals surface area (Å²) in [5, 5.41) is 3.39. The third-order valence-electron chi connectivity index (χ3n) is 3.20. The summed E-state index contributed by atoms with van der Waals surface area (Å²) < 4.78 is 22.6. The average Bonchev–Trinajstić information content (AvgIpc) is 2.22. The fourth-order valence-corrected chi connectivity index (χ4v) is 3.20. The van der Waals surface area contributed by atoms with Crippen LogP contribution in [0.15, 0.2) is 0 Å². The van der Waals surface area contributed by atoms with Crippen LogP contribution in [0.3, 0.4) is 0 Å². The van der Waals surface area contributed by atoms with Gasteiger partial charge in [-0.25, -0.2) is 0 Å². The maximum Gasteiger partial charge on any atom is 0.347 e. The summed E-state index contributed by atoms with van der Waals surface area (Å²) in [7, 11) is -0.215. The zero-order chi connectivity index (χ0) is 13.9. The van der Waals surface area contributed by atoms with Gasteiger partial charge in [-0.3, -0.25) is 4.57 Å². The van der Waals surface area contributed by atoms with E-state index < -0.39 is 7.60 Å². The molecule has 0 fully saturated rings. The van der Waals surface area contributed by atoms with Crippen LogP contribution in [-0.2, 0) is 13.6 Å². The first-order valence-electron chi connectivity index (χ1n) is 6.05. The van der Waals surface area contributed by atoms with Gasteiger partial charge in [0.05, 0.1) is 0 Å². The summed E-state index contributed by atoms with van der Waals surface area (Å²) in [6, 6.07) is 0.216. The zero-order valence-electron chi connectivity index (χ0n) is 12.4. The maximum atomic E-state index is 12.4. The van der Waals surface area contributed by atoms with Crippen LogP contribution in [0.25, 0.3) is 0 Å². The van der Waals surface area contributed by atoms with E-state index in [1.54, 1.807) is 0 Å². The minimum Gasteiger partial charge on any atom is -0.311 e. The van der Waals surface area contributed by atoms with Gasteiger partial charge in [-0.1, -0.05) is 34.6 Å². The molecular weight excluding hydrogens is 237 g/mol. The summed E-state index contributed by atoms with van der Waals surface area (Å²) in [5.41, 5.74) is 0.0967. The number of hydrogen-bond acceptors (Lipinski definition) is 4. The van der Waals surface area contributed by atoms with Gasteiger partial charge in [0.1, 0.15) is 5.78 Å². The molecule has 0 amide bonds. The lowest BCUT2D eigenvalue weighted by Gasteiger charge is -2.36. The Morgan fingerprint density at radius 1 is 1.06 bits per heavy atom. The van der Waals surface area contributed by atoms with Gasteiger partial charge in [-0.05, 0) is 18.3 Å². The van der Waals surface area contributed by atoms with E-state index in [1.807, 2.05) is 13.8 Å². The summed E-state index contributed by atoms with van der Waals surface area (Å²) in [6.07, 6.45) is 0. The van der Waals surface area contributed by atoms with Gasteiger partial charge in [0.15, 0.2) is 0 Å². The van der Waals surface area contributed by atoms with Crippen molar-refractivity contribution in [1.29, 1.82) is 0 Å². The molecule has 0 aromatic carbocycles. The Balaban J connectivity index is 4.96. The summed E-state index contributed by atoms with van der Waals surface area (Å²) in [6.45, 7) is 12.5. The second-order valence-corrected chi connectivity index (χ2v) is 8.21. The molecule has 0 bridgehead atoms. The Hall–Kier alpha value is 0.110. The van der Waals surface area contributed by atoms with Crippen molar-refractivity contribution in [2.24, 2.45) is 11.3 Å².